The van der Waals surface area contributed by atoms with Crippen molar-refractivity contribution in [2.24, 2.45) is 5.41 Å². The standard InChI is InChI=1S/C16H23NO/c1-3-16(7-8-16)11-17-12(2)13-4-5-15-14(10-13)6-9-18-15/h4-5,10,12,17H,3,6-9,11H2,1-2H3. The Morgan fingerprint density at radius 1 is 1.39 bits per heavy atom. The average molecular weight is 245 g/mol. The minimum absolute atomic E-state index is 0.444. The van der Waals surface area contributed by atoms with E-state index in [4.69, 9.17) is 4.74 Å². The molecule has 1 fully saturated rings. The molecule has 0 radical (unpaired) electrons. The van der Waals surface area contributed by atoms with E-state index in [1.165, 1.54) is 30.4 Å². The Bertz CT molecular complexity index is 437. The van der Waals surface area contributed by atoms with Gasteiger partial charge < -0.3 is 10.1 Å². The molecule has 1 aliphatic heterocycles. The van der Waals surface area contributed by atoms with Gasteiger partial charge in [-0.1, -0.05) is 19.1 Å². The molecular weight excluding hydrogens is 222 g/mol. The molecule has 1 aromatic carbocycles. The fraction of sp³-hybridized carbons (Fsp3) is 0.625. The molecule has 18 heavy (non-hydrogen) atoms. The van der Waals surface area contributed by atoms with Crippen LogP contribution in [0.5, 0.6) is 5.75 Å². The fourth-order valence-electron chi connectivity index (χ4n) is 2.80. The van der Waals surface area contributed by atoms with Crippen molar-refractivity contribution in [3.05, 3.63) is 29.3 Å². The first-order valence-electron chi connectivity index (χ1n) is 7.21. The number of ether oxygens (including phenoxy) is 1. The highest BCUT2D eigenvalue weighted by molar-refractivity contribution is 5.40. The predicted octanol–water partition coefficient (Wildman–Crippen LogP) is 3.46. The smallest absolute Gasteiger partial charge is 0.122 e. The summed E-state index contributed by atoms with van der Waals surface area (Å²) in [5.74, 6) is 1.08. The second kappa shape index (κ2) is 4.58. The summed E-state index contributed by atoms with van der Waals surface area (Å²) in [5.41, 5.74) is 3.39. The van der Waals surface area contributed by atoms with E-state index in [1.807, 2.05) is 0 Å². The Labute approximate surface area is 110 Å². The summed E-state index contributed by atoms with van der Waals surface area (Å²) < 4.78 is 5.55. The molecule has 1 heterocycles. The molecule has 2 heteroatoms. The van der Waals surface area contributed by atoms with Crippen LogP contribution >= 0.6 is 0 Å². The molecule has 1 N–H and O–H groups in total. The Hall–Kier alpha value is -1.02. The average Bonchev–Trinajstić information content (AvgIpc) is 3.04. The summed E-state index contributed by atoms with van der Waals surface area (Å²) in [6.45, 7) is 6.59. The zero-order valence-electron chi connectivity index (χ0n) is 11.5. The molecule has 0 bridgehead atoms. The van der Waals surface area contributed by atoms with Crippen LogP contribution in [-0.2, 0) is 6.42 Å². The van der Waals surface area contributed by atoms with Gasteiger partial charge in [-0.25, -0.2) is 0 Å². The molecule has 1 saturated carbocycles. The molecular formula is C16H23NO. The molecule has 0 spiro atoms. The Balaban J connectivity index is 1.63. The lowest BCUT2D eigenvalue weighted by molar-refractivity contribution is 0.356. The lowest BCUT2D eigenvalue weighted by atomic mass is 10.0. The van der Waals surface area contributed by atoms with E-state index in [0.717, 1.165) is 25.3 Å². The van der Waals surface area contributed by atoms with Gasteiger partial charge in [-0.2, -0.15) is 0 Å². The predicted molar refractivity (Wildman–Crippen MR) is 74.0 cm³/mol. The molecule has 0 saturated heterocycles. The molecule has 0 amide bonds. The van der Waals surface area contributed by atoms with Crippen molar-refractivity contribution in [1.82, 2.24) is 5.32 Å². The zero-order chi connectivity index (χ0) is 12.6. The lowest BCUT2D eigenvalue weighted by Gasteiger charge is -2.19. The van der Waals surface area contributed by atoms with Gasteiger partial charge in [-0.05, 0) is 48.8 Å². The van der Waals surface area contributed by atoms with Crippen LogP contribution in [0.25, 0.3) is 0 Å². The summed E-state index contributed by atoms with van der Waals surface area (Å²) >= 11 is 0. The third-order valence-electron chi connectivity index (χ3n) is 4.70. The van der Waals surface area contributed by atoms with Crippen LogP contribution in [0.15, 0.2) is 18.2 Å². The summed E-state index contributed by atoms with van der Waals surface area (Å²) in [6.07, 6.45) is 5.18. The maximum atomic E-state index is 5.55. The van der Waals surface area contributed by atoms with Crippen LogP contribution < -0.4 is 10.1 Å². The third kappa shape index (κ3) is 2.26. The largest absolute Gasteiger partial charge is 0.493 e. The third-order valence-corrected chi connectivity index (χ3v) is 4.70. The van der Waals surface area contributed by atoms with Crippen LogP contribution in [0.4, 0.5) is 0 Å². The number of benzene rings is 1. The van der Waals surface area contributed by atoms with E-state index in [-0.39, 0.29) is 0 Å². The van der Waals surface area contributed by atoms with Crippen LogP contribution in [-0.4, -0.2) is 13.2 Å². The van der Waals surface area contributed by atoms with E-state index in [9.17, 15) is 0 Å². The SMILES string of the molecule is CCC1(CNC(C)c2ccc3c(c2)CCO3)CC1. The summed E-state index contributed by atoms with van der Waals surface area (Å²) in [5, 5.41) is 3.70. The highest BCUT2D eigenvalue weighted by atomic mass is 16.5. The van der Waals surface area contributed by atoms with Gasteiger partial charge in [0.25, 0.3) is 0 Å². The van der Waals surface area contributed by atoms with Gasteiger partial charge in [-0.3, -0.25) is 0 Å². The number of rotatable bonds is 5. The molecule has 2 nitrogen and oxygen atoms in total. The van der Waals surface area contributed by atoms with Gasteiger partial charge in [0.2, 0.25) is 0 Å². The van der Waals surface area contributed by atoms with Gasteiger partial charge in [0, 0.05) is 19.0 Å². The summed E-state index contributed by atoms with van der Waals surface area (Å²) in [7, 11) is 0. The van der Waals surface area contributed by atoms with Crippen molar-refractivity contribution in [3.63, 3.8) is 0 Å². The van der Waals surface area contributed by atoms with Gasteiger partial charge in [0.1, 0.15) is 5.75 Å². The Morgan fingerprint density at radius 3 is 2.94 bits per heavy atom. The van der Waals surface area contributed by atoms with Crippen molar-refractivity contribution in [3.8, 4) is 5.75 Å². The summed E-state index contributed by atoms with van der Waals surface area (Å²) in [6, 6.07) is 7.08. The monoisotopic (exact) mass is 245 g/mol. The quantitative estimate of drug-likeness (QED) is 0.857. The number of hydrogen-bond acceptors (Lipinski definition) is 2. The normalized spacial score (nSPS) is 21.2. The molecule has 2 aliphatic rings. The van der Waals surface area contributed by atoms with Crippen LogP contribution in [0.2, 0.25) is 0 Å². The number of nitrogens with one attached hydrogen (secondary N) is 1. The molecule has 1 aromatic rings. The first-order valence-corrected chi connectivity index (χ1v) is 7.21. The van der Waals surface area contributed by atoms with E-state index in [1.54, 1.807) is 0 Å². The minimum Gasteiger partial charge on any atom is -0.493 e. The van der Waals surface area contributed by atoms with Crippen molar-refractivity contribution in [2.45, 2.75) is 45.6 Å². The molecule has 1 aliphatic carbocycles. The van der Waals surface area contributed by atoms with Gasteiger partial charge in [-0.15, -0.1) is 0 Å². The van der Waals surface area contributed by atoms with Crippen molar-refractivity contribution < 1.29 is 4.74 Å². The Morgan fingerprint density at radius 2 is 2.22 bits per heavy atom. The number of hydrogen-bond donors (Lipinski definition) is 1. The topological polar surface area (TPSA) is 21.3 Å². The van der Waals surface area contributed by atoms with Gasteiger partial charge >= 0.3 is 0 Å². The van der Waals surface area contributed by atoms with Crippen LogP contribution in [0, 0.1) is 5.41 Å². The summed E-state index contributed by atoms with van der Waals surface area (Å²) in [4.78, 5) is 0. The molecule has 1 unspecified atom stereocenters. The van der Waals surface area contributed by atoms with Crippen LogP contribution in [0.1, 0.15) is 50.3 Å². The molecule has 3 rings (SSSR count). The van der Waals surface area contributed by atoms with Crippen molar-refractivity contribution in [1.29, 1.82) is 0 Å². The molecule has 98 valence electrons. The van der Waals surface area contributed by atoms with Crippen LogP contribution in [0.3, 0.4) is 0 Å². The zero-order valence-corrected chi connectivity index (χ0v) is 11.5. The maximum Gasteiger partial charge on any atom is 0.122 e. The van der Waals surface area contributed by atoms with E-state index in [0.29, 0.717) is 11.5 Å². The fourth-order valence-corrected chi connectivity index (χ4v) is 2.80. The van der Waals surface area contributed by atoms with Crippen molar-refractivity contribution in [2.75, 3.05) is 13.2 Å². The minimum atomic E-state index is 0.444. The first kappa shape index (κ1) is 12.0. The van der Waals surface area contributed by atoms with Gasteiger partial charge in [0.15, 0.2) is 0 Å². The maximum absolute atomic E-state index is 5.55. The molecule has 0 aromatic heterocycles. The van der Waals surface area contributed by atoms with E-state index >= 15 is 0 Å². The molecule has 1 atom stereocenters. The van der Waals surface area contributed by atoms with E-state index < -0.39 is 0 Å². The highest BCUT2D eigenvalue weighted by Crippen LogP contribution is 2.48. The second-order valence-electron chi connectivity index (χ2n) is 5.92. The lowest BCUT2D eigenvalue weighted by Crippen LogP contribution is -2.26. The highest BCUT2D eigenvalue weighted by Gasteiger charge is 2.40. The first-order chi connectivity index (χ1) is 8.72. The Kier molecular flexibility index (Phi) is 3.06. The van der Waals surface area contributed by atoms with Crippen molar-refractivity contribution >= 4 is 0 Å². The van der Waals surface area contributed by atoms with E-state index in [2.05, 4.69) is 37.4 Å². The second-order valence-corrected chi connectivity index (χ2v) is 5.92. The van der Waals surface area contributed by atoms with Gasteiger partial charge in [0.05, 0.1) is 6.61 Å². The number of fused-ring (bicyclic) bond motifs is 1.